The van der Waals surface area contributed by atoms with Crippen LogP contribution in [0.2, 0.25) is 0 Å². The SMILES string of the molecule is COc1c(N2CC(C(N)COc3ccccc3)C(C)(C)C2)c(F)cc2c(=O)n(N)c(=O)n(C3CC3)c12. The number of rotatable bonds is 7. The van der Waals surface area contributed by atoms with Crippen molar-refractivity contribution < 1.29 is 13.9 Å². The maximum absolute atomic E-state index is 15.7. The van der Waals surface area contributed by atoms with E-state index in [1.807, 2.05) is 35.2 Å². The minimum absolute atomic E-state index is 0.0105. The number of nitrogens with zero attached hydrogens (tertiary/aromatic N) is 3. The van der Waals surface area contributed by atoms with E-state index in [2.05, 4.69) is 13.8 Å². The number of nitrogen functional groups attached to an aromatic ring is 1. The number of halogens is 1. The van der Waals surface area contributed by atoms with Gasteiger partial charge in [-0.3, -0.25) is 9.36 Å². The van der Waals surface area contributed by atoms with Crippen molar-refractivity contribution in [3.05, 3.63) is 63.1 Å². The van der Waals surface area contributed by atoms with Crippen LogP contribution >= 0.6 is 0 Å². The molecule has 192 valence electrons. The largest absolute Gasteiger partial charge is 0.492 e. The number of hydrogen-bond donors (Lipinski definition) is 2. The molecule has 1 saturated heterocycles. The Bertz CT molecular complexity index is 1410. The average Bonchev–Trinajstić information content (AvgIpc) is 3.64. The molecule has 2 atom stereocenters. The van der Waals surface area contributed by atoms with Crippen LogP contribution < -0.4 is 37.2 Å². The highest BCUT2D eigenvalue weighted by Crippen LogP contribution is 2.46. The highest BCUT2D eigenvalue weighted by atomic mass is 19.1. The van der Waals surface area contributed by atoms with Crippen LogP contribution in [0.15, 0.2) is 46.0 Å². The van der Waals surface area contributed by atoms with Gasteiger partial charge < -0.3 is 25.9 Å². The molecular weight excluding hydrogens is 465 g/mol. The topological polar surface area (TPSA) is 118 Å². The Labute approximate surface area is 208 Å². The molecule has 10 heteroatoms. The zero-order valence-electron chi connectivity index (χ0n) is 20.7. The standard InChI is InChI=1S/C26H32FN5O4/c1-26(2)14-30(12-18(26)20(28)13-36-16-7-5-4-6-8-16)22-19(27)11-17-21(23(22)35-3)31(15-9-10-15)25(34)32(29)24(17)33/h4-8,11,15,18,20H,9-10,12-14,28-29H2,1-3H3. The maximum Gasteiger partial charge on any atom is 0.350 e. The summed E-state index contributed by atoms with van der Waals surface area (Å²) in [5.74, 6) is 6.03. The van der Waals surface area contributed by atoms with E-state index in [0.29, 0.717) is 24.4 Å². The number of nitrogens with two attached hydrogens (primary N) is 2. The van der Waals surface area contributed by atoms with Gasteiger partial charge in [0.1, 0.15) is 23.6 Å². The van der Waals surface area contributed by atoms with E-state index < -0.39 is 17.1 Å². The average molecular weight is 498 g/mol. The highest BCUT2D eigenvalue weighted by Gasteiger charge is 2.44. The minimum atomic E-state index is -0.754. The van der Waals surface area contributed by atoms with Gasteiger partial charge >= 0.3 is 5.69 Å². The molecule has 1 aromatic heterocycles. The molecule has 1 saturated carbocycles. The summed E-state index contributed by atoms with van der Waals surface area (Å²) < 4.78 is 29.3. The first kappa shape index (κ1) is 24.2. The Morgan fingerprint density at radius 1 is 1.19 bits per heavy atom. The Kier molecular flexibility index (Phi) is 5.94. The van der Waals surface area contributed by atoms with Crippen molar-refractivity contribution in [1.29, 1.82) is 0 Å². The van der Waals surface area contributed by atoms with Gasteiger partial charge in [0.2, 0.25) is 0 Å². The number of hydrogen-bond acceptors (Lipinski definition) is 7. The van der Waals surface area contributed by atoms with Crippen molar-refractivity contribution in [1.82, 2.24) is 9.24 Å². The predicted octanol–water partition coefficient (Wildman–Crippen LogP) is 2.23. The third kappa shape index (κ3) is 3.99. The lowest BCUT2D eigenvalue weighted by Crippen LogP contribution is -2.44. The van der Waals surface area contributed by atoms with Gasteiger partial charge in [-0.2, -0.15) is 4.68 Å². The fourth-order valence-electron chi connectivity index (χ4n) is 5.47. The van der Waals surface area contributed by atoms with Crippen molar-refractivity contribution in [2.75, 3.05) is 37.5 Å². The number of anilines is 1. The third-order valence-electron chi connectivity index (χ3n) is 7.44. The minimum Gasteiger partial charge on any atom is -0.492 e. The quantitative estimate of drug-likeness (QED) is 0.481. The van der Waals surface area contributed by atoms with E-state index in [9.17, 15) is 9.59 Å². The number of ether oxygens (including phenoxy) is 2. The molecule has 0 bridgehead atoms. The number of aromatic nitrogens is 2. The number of fused-ring (bicyclic) bond motifs is 1. The molecule has 9 nitrogen and oxygen atoms in total. The summed E-state index contributed by atoms with van der Waals surface area (Å²) in [5, 5.41) is 0.0186. The summed E-state index contributed by atoms with van der Waals surface area (Å²) in [4.78, 5) is 27.6. The van der Waals surface area contributed by atoms with Crippen LogP contribution in [0.1, 0.15) is 32.7 Å². The molecule has 3 aromatic rings. The van der Waals surface area contributed by atoms with Crippen molar-refractivity contribution in [3.8, 4) is 11.5 Å². The molecule has 0 amide bonds. The van der Waals surface area contributed by atoms with Crippen LogP contribution in [0.5, 0.6) is 11.5 Å². The van der Waals surface area contributed by atoms with Gasteiger partial charge in [0.15, 0.2) is 11.6 Å². The third-order valence-corrected chi connectivity index (χ3v) is 7.44. The summed E-state index contributed by atoms with van der Waals surface area (Å²) in [6.45, 7) is 5.49. The summed E-state index contributed by atoms with van der Waals surface area (Å²) in [6.07, 6.45) is 1.55. The van der Waals surface area contributed by atoms with Gasteiger partial charge in [0.05, 0.1) is 12.5 Å². The van der Waals surface area contributed by atoms with Crippen molar-refractivity contribution in [3.63, 3.8) is 0 Å². The van der Waals surface area contributed by atoms with Crippen LogP contribution in [0.25, 0.3) is 10.9 Å². The molecule has 2 unspecified atom stereocenters. The molecule has 0 radical (unpaired) electrons. The smallest absolute Gasteiger partial charge is 0.350 e. The van der Waals surface area contributed by atoms with E-state index >= 15 is 4.39 Å². The van der Waals surface area contributed by atoms with Crippen LogP contribution in [0.4, 0.5) is 10.1 Å². The van der Waals surface area contributed by atoms with Gasteiger partial charge in [-0.05, 0) is 36.5 Å². The first-order valence-electron chi connectivity index (χ1n) is 12.1. The lowest BCUT2D eigenvalue weighted by Gasteiger charge is -2.30. The number of benzene rings is 2. The lowest BCUT2D eigenvalue weighted by atomic mass is 9.78. The Balaban J connectivity index is 1.54. The maximum atomic E-state index is 15.7. The normalized spacial score (nSPS) is 20.0. The van der Waals surface area contributed by atoms with E-state index in [1.54, 1.807) is 0 Å². The van der Waals surface area contributed by atoms with Gasteiger partial charge in [-0.15, -0.1) is 0 Å². The van der Waals surface area contributed by atoms with Crippen molar-refractivity contribution in [2.45, 2.75) is 38.8 Å². The molecule has 2 aliphatic rings. The van der Waals surface area contributed by atoms with Gasteiger partial charge in [0.25, 0.3) is 5.56 Å². The molecule has 2 fully saturated rings. The molecule has 4 N–H and O–H groups in total. The van der Waals surface area contributed by atoms with Gasteiger partial charge in [-0.1, -0.05) is 32.0 Å². The first-order chi connectivity index (χ1) is 17.1. The molecule has 2 aromatic carbocycles. The molecule has 1 aliphatic heterocycles. The van der Waals surface area contributed by atoms with Crippen LogP contribution in [0, 0.1) is 17.2 Å². The van der Waals surface area contributed by atoms with Crippen LogP contribution in [-0.2, 0) is 0 Å². The second-order valence-corrected chi connectivity index (χ2v) is 10.5. The predicted molar refractivity (Wildman–Crippen MR) is 137 cm³/mol. The molecule has 0 spiro atoms. The van der Waals surface area contributed by atoms with E-state index in [1.165, 1.54) is 11.7 Å². The second-order valence-electron chi connectivity index (χ2n) is 10.5. The monoisotopic (exact) mass is 497 g/mol. The van der Waals surface area contributed by atoms with Crippen molar-refractivity contribution >= 4 is 16.6 Å². The van der Waals surface area contributed by atoms with E-state index in [4.69, 9.17) is 21.1 Å². The van der Waals surface area contributed by atoms with E-state index in [-0.39, 0.29) is 45.8 Å². The Morgan fingerprint density at radius 2 is 1.89 bits per heavy atom. The molecule has 5 rings (SSSR count). The number of methoxy groups -OCH3 is 1. The fraction of sp³-hybridized carbons (Fsp3) is 0.462. The summed E-state index contributed by atoms with van der Waals surface area (Å²) in [7, 11) is 1.42. The van der Waals surface area contributed by atoms with Crippen LogP contribution in [-0.4, -0.2) is 42.1 Å². The molecular formula is C26H32FN5O4. The van der Waals surface area contributed by atoms with Gasteiger partial charge in [0, 0.05) is 31.1 Å². The molecule has 36 heavy (non-hydrogen) atoms. The first-order valence-corrected chi connectivity index (χ1v) is 12.1. The van der Waals surface area contributed by atoms with Crippen LogP contribution in [0.3, 0.4) is 0 Å². The zero-order valence-corrected chi connectivity index (χ0v) is 20.7. The Hall–Kier alpha value is -3.53. The second kappa shape index (κ2) is 8.85. The highest BCUT2D eigenvalue weighted by molar-refractivity contribution is 5.91. The lowest BCUT2D eigenvalue weighted by molar-refractivity contribution is 0.185. The number of para-hydroxylation sites is 1. The van der Waals surface area contributed by atoms with Gasteiger partial charge in [-0.25, -0.2) is 9.18 Å². The van der Waals surface area contributed by atoms with Crippen molar-refractivity contribution in [2.24, 2.45) is 17.1 Å². The molecule has 2 heterocycles. The summed E-state index contributed by atoms with van der Waals surface area (Å²) >= 11 is 0. The fourth-order valence-corrected chi connectivity index (χ4v) is 5.47. The Morgan fingerprint density at radius 3 is 2.53 bits per heavy atom. The zero-order chi connectivity index (χ0) is 25.8. The summed E-state index contributed by atoms with van der Waals surface area (Å²) in [6, 6.07) is 10.2. The van der Waals surface area contributed by atoms with E-state index in [0.717, 1.165) is 24.7 Å². The molecule has 1 aliphatic carbocycles. The summed E-state index contributed by atoms with van der Waals surface area (Å²) in [5.41, 5.74) is 5.45.